The van der Waals surface area contributed by atoms with Crippen LogP contribution in [0.5, 0.6) is 0 Å². The molecule has 0 atom stereocenters. The molecule has 8 aromatic carbocycles. The molecule has 0 saturated carbocycles. The van der Waals surface area contributed by atoms with Gasteiger partial charge >= 0.3 is 0 Å². The largest absolute Gasteiger partial charge is 0.456 e. The second-order valence-corrected chi connectivity index (χ2v) is 15.0. The van der Waals surface area contributed by atoms with E-state index in [4.69, 9.17) is 4.42 Å². The highest BCUT2D eigenvalue weighted by molar-refractivity contribution is 5.93. The Morgan fingerprint density at radius 2 is 1.00 bits per heavy atom. The lowest BCUT2D eigenvalue weighted by Crippen LogP contribution is -2.12. The highest BCUT2D eigenvalue weighted by Crippen LogP contribution is 2.45. The molecule has 0 saturated heterocycles. The first-order chi connectivity index (χ1) is 26.4. The quantitative estimate of drug-likeness (QED) is 0.165. The minimum absolute atomic E-state index is 0.116. The zero-order chi connectivity index (χ0) is 36.6. The number of para-hydroxylation sites is 2. The van der Waals surface area contributed by atoms with Crippen LogP contribution in [0.2, 0.25) is 0 Å². The van der Waals surface area contributed by atoms with E-state index in [0.717, 1.165) is 50.5 Å². The van der Waals surface area contributed by atoms with E-state index in [2.05, 4.69) is 214 Å². The van der Waals surface area contributed by atoms with Gasteiger partial charge in [0.1, 0.15) is 11.3 Å². The molecule has 0 radical (unpaired) electrons. The van der Waals surface area contributed by atoms with Gasteiger partial charge in [-0.1, -0.05) is 172 Å². The summed E-state index contributed by atoms with van der Waals surface area (Å²) >= 11 is 0. The van der Waals surface area contributed by atoms with Gasteiger partial charge in [-0.25, -0.2) is 0 Å². The summed E-state index contributed by atoms with van der Waals surface area (Å²) < 4.78 is 6.68. The SMILES string of the molecule is CC(C)(C)c1c(-c2cccc(N(c3ccc(-c4ccc5ccccc5c4)cc3)c3ccccc3-c3ccc(-c4ccccc4)cc3)c2)oc2ccccc12. The van der Waals surface area contributed by atoms with E-state index in [-0.39, 0.29) is 5.41 Å². The maximum Gasteiger partial charge on any atom is 0.139 e. The van der Waals surface area contributed by atoms with Crippen molar-refractivity contribution in [3.05, 3.63) is 200 Å². The summed E-state index contributed by atoms with van der Waals surface area (Å²) in [6, 6.07) is 69.6. The number of fused-ring (bicyclic) bond motifs is 2. The first-order valence-corrected chi connectivity index (χ1v) is 18.7. The van der Waals surface area contributed by atoms with Crippen LogP contribution in [0.4, 0.5) is 17.1 Å². The summed E-state index contributed by atoms with van der Waals surface area (Å²) in [5.74, 6) is 0.918. The van der Waals surface area contributed by atoms with Crippen molar-refractivity contribution in [3.63, 3.8) is 0 Å². The first kappa shape index (κ1) is 33.2. The van der Waals surface area contributed by atoms with Crippen LogP contribution in [0.3, 0.4) is 0 Å². The van der Waals surface area contributed by atoms with Gasteiger partial charge < -0.3 is 9.32 Å². The highest BCUT2D eigenvalue weighted by atomic mass is 16.3. The highest BCUT2D eigenvalue weighted by Gasteiger charge is 2.27. The molecule has 0 N–H and O–H groups in total. The van der Waals surface area contributed by atoms with Gasteiger partial charge in [-0.3, -0.25) is 0 Å². The van der Waals surface area contributed by atoms with Gasteiger partial charge in [-0.15, -0.1) is 0 Å². The van der Waals surface area contributed by atoms with Crippen molar-refractivity contribution in [1.29, 1.82) is 0 Å². The molecule has 0 spiro atoms. The van der Waals surface area contributed by atoms with Crippen molar-refractivity contribution in [2.45, 2.75) is 26.2 Å². The summed E-state index contributed by atoms with van der Waals surface area (Å²) in [4.78, 5) is 2.38. The smallest absolute Gasteiger partial charge is 0.139 e. The summed E-state index contributed by atoms with van der Waals surface area (Å²) in [6.07, 6.45) is 0. The number of furan rings is 1. The maximum atomic E-state index is 6.68. The third kappa shape index (κ3) is 6.27. The van der Waals surface area contributed by atoms with Crippen LogP contribution >= 0.6 is 0 Å². The molecule has 0 fully saturated rings. The summed E-state index contributed by atoms with van der Waals surface area (Å²) in [5, 5.41) is 3.65. The molecule has 2 heteroatoms. The fraction of sp³-hybridized carbons (Fsp3) is 0.0769. The number of nitrogens with zero attached hydrogens (tertiary/aromatic N) is 1. The second kappa shape index (κ2) is 13.7. The Labute approximate surface area is 317 Å². The number of anilines is 3. The monoisotopic (exact) mass is 695 g/mol. The molecule has 0 aliphatic heterocycles. The number of hydrogen-bond donors (Lipinski definition) is 0. The van der Waals surface area contributed by atoms with Crippen LogP contribution in [-0.2, 0) is 5.41 Å². The minimum atomic E-state index is -0.116. The third-order valence-corrected chi connectivity index (χ3v) is 10.4. The molecule has 0 bridgehead atoms. The second-order valence-electron chi connectivity index (χ2n) is 15.0. The van der Waals surface area contributed by atoms with Gasteiger partial charge in [0, 0.05) is 33.5 Å². The van der Waals surface area contributed by atoms with Crippen LogP contribution < -0.4 is 4.90 Å². The fourth-order valence-corrected chi connectivity index (χ4v) is 7.76. The van der Waals surface area contributed by atoms with E-state index >= 15 is 0 Å². The van der Waals surface area contributed by atoms with Crippen molar-refractivity contribution in [3.8, 4) is 44.7 Å². The molecule has 0 unspecified atom stereocenters. The predicted molar refractivity (Wildman–Crippen MR) is 229 cm³/mol. The molecule has 260 valence electrons. The van der Waals surface area contributed by atoms with Gasteiger partial charge in [-0.05, 0) is 86.5 Å². The lowest BCUT2D eigenvalue weighted by Gasteiger charge is -2.28. The van der Waals surface area contributed by atoms with Crippen LogP contribution in [0.1, 0.15) is 26.3 Å². The third-order valence-electron chi connectivity index (χ3n) is 10.4. The fourth-order valence-electron chi connectivity index (χ4n) is 7.76. The molecular weight excluding hydrogens is 655 g/mol. The van der Waals surface area contributed by atoms with Gasteiger partial charge in [0.15, 0.2) is 0 Å². The van der Waals surface area contributed by atoms with Crippen LogP contribution in [0, 0.1) is 0 Å². The zero-order valence-electron chi connectivity index (χ0n) is 30.8. The molecule has 2 nitrogen and oxygen atoms in total. The number of hydrogen-bond acceptors (Lipinski definition) is 2. The molecule has 1 heterocycles. The summed E-state index contributed by atoms with van der Waals surface area (Å²) in [6.45, 7) is 6.79. The number of benzene rings is 8. The van der Waals surface area contributed by atoms with Crippen LogP contribution in [-0.4, -0.2) is 0 Å². The van der Waals surface area contributed by atoms with E-state index in [0.29, 0.717) is 0 Å². The summed E-state index contributed by atoms with van der Waals surface area (Å²) in [5.41, 5.74) is 13.4. The average Bonchev–Trinajstić information content (AvgIpc) is 3.63. The van der Waals surface area contributed by atoms with Gasteiger partial charge in [-0.2, -0.15) is 0 Å². The van der Waals surface area contributed by atoms with Crippen molar-refractivity contribution in [2.24, 2.45) is 0 Å². The first-order valence-electron chi connectivity index (χ1n) is 18.7. The van der Waals surface area contributed by atoms with Gasteiger partial charge in [0.2, 0.25) is 0 Å². The van der Waals surface area contributed by atoms with Crippen molar-refractivity contribution < 1.29 is 4.42 Å². The Morgan fingerprint density at radius 1 is 0.407 bits per heavy atom. The Morgan fingerprint density at radius 3 is 1.80 bits per heavy atom. The lowest BCUT2D eigenvalue weighted by atomic mass is 9.83. The van der Waals surface area contributed by atoms with Crippen molar-refractivity contribution in [1.82, 2.24) is 0 Å². The molecular formula is C52H41NO. The molecule has 9 aromatic rings. The Balaban J connectivity index is 1.19. The minimum Gasteiger partial charge on any atom is -0.456 e. The van der Waals surface area contributed by atoms with Crippen LogP contribution in [0.25, 0.3) is 66.4 Å². The Kier molecular flexibility index (Phi) is 8.44. The van der Waals surface area contributed by atoms with Gasteiger partial charge in [0.25, 0.3) is 0 Å². The predicted octanol–water partition coefficient (Wildman–Crippen LogP) is 15.0. The van der Waals surface area contributed by atoms with Crippen LogP contribution in [0.15, 0.2) is 199 Å². The average molecular weight is 696 g/mol. The topological polar surface area (TPSA) is 16.4 Å². The molecule has 0 aliphatic carbocycles. The molecule has 0 aliphatic rings. The zero-order valence-corrected chi connectivity index (χ0v) is 30.8. The van der Waals surface area contributed by atoms with Crippen molar-refractivity contribution >= 4 is 38.8 Å². The Bertz CT molecular complexity index is 2730. The summed E-state index contributed by atoms with van der Waals surface area (Å²) in [7, 11) is 0. The molecule has 9 rings (SSSR count). The standard InChI is InChI=1S/C52H41NO/c1-52(2,3)50-47-21-10-12-23-49(47)54-51(50)43-18-13-19-45(35-43)53(44-32-30-39(31-33-44)42-29-26-37-16-7-8-17-41(37)34-42)48-22-11-9-20-46(48)40-27-24-38(25-28-40)36-14-5-4-6-15-36/h4-35H,1-3H3. The molecule has 1 aromatic heterocycles. The van der Waals surface area contributed by atoms with E-state index in [9.17, 15) is 0 Å². The van der Waals surface area contributed by atoms with E-state index < -0.39 is 0 Å². The molecule has 54 heavy (non-hydrogen) atoms. The van der Waals surface area contributed by atoms with Gasteiger partial charge in [0.05, 0.1) is 5.69 Å². The Hall–Kier alpha value is -6.64. The molecule has 0 amide bonds. The maximum absolute atomic E-state index is 6.68. The normalized spacial score (nSPS) is 11.6. The lowest BCUT2D eigenvalue weighted by molar-refractivity contribution is 0.568. The number of rotatable bonds is 7. The van der Waals surface area contributed by atoms with E-state index in [1.54, 1.807) is 0 Å². The van der Waals surface area contributed by atoms with E-state index in [1.807, 2.05) is 6.07 Å². The van der Waals surface area contributed by atoms with E-state index in [1.165, 1.54) is 38.6 Å². The van der Waals surface area contributed by atoms with Crippen molar-refractivity contribution in [2.75, 3.05) is 4.90 Å².